The van der Waals surface area contributed by atoms with Crippen molar-refractivity contribution in [1.29, 1.82) is 0 Å². The molecule has 1 aliphatic rings. The Balaban J connectivity index is 1.50. The number of nitrogens with one attached hydrogen (secondary N) is 1. The van der Waals surface area contributed by atoms with Crippen LogP contribution in [-0.2, 0) is 20.7 Å². The van der Waals surface area contributed by atoms with Crippen molar-refractivity contribution in [3.63, 3.8) is 0 Å². The number of carbonyl (C=O) groups is 1. The molecule has 0 aliphatic carbocycles. The molecule has 1 fully saturated rings. The average molecular weight is 350 g/mol. The lowest BCUT2D eigenvalue weighted by Crippen LogP contribution is -2.50. The van der Waals surface area contributed by atoms with Crippen molar-refractivity contribution in [3.8, 4) is 0 Å². The number of nitrogens with zero attached hydrogens (tertiary/aromatic N) is 1. The molecule has 1 aliphatic heterocycles. The zero-order valence-corrected chi connectivity index (χ0v) is 14.3. The van der Waals surface area contributed by atoms with Gasteiger partial charge >= 0.3 is 0 Å². The number of aliphatic hydroxyl groups excluding tert-OH is 1. The Bertz CT molecular complexity index is 642. The monoisotopic (exact) mass is 350 g/mol. The third-order valence-electron chi connectivity index (χ3n) is 3.98. The fourth-order valence-corrected chi connectivity index (χ4v) is 3.74. The highest BCUT2D eigenvalue weighted by Crippen LogP contribution is 2.22. The van der Waals surface area contributed by atoms with Crippen LogP contribution in [0.3, 0.4) is 0 Å². The molecule has 7 heteroatoms. The number of ether oxygens (including phenoxy) is 2. The van der Waals surface area contributed by atoms with Gasteiger partial charge in [0.2, 0.25) is 5.91 Å². The number of amides is 1. The van der Waals surface area contributed by atoms with Gasteiger partial charge < -0.3 is 19.9 Å². The Labute approximate surface area is 144 Å². The van der Waals surface area contributed by atoms with Gasteiger partial charge in [-0.25, -0.2) is 4.98 Å². The van der Waals surface area contributed by atoms with Gasteiger partial charge in [0, 0.05) is 19.4 Å². The van der Waals surface area contributed by atoms with E-state index in [0.717, 1.165) is 21.6 Å². The second kappa shape index (κ2) is 8.53. The number of hydrogen-bond acceptors (Lipinski definition) is 6. The van der Waals surface area contributed by atoms with Crippen molar-refractivity contribution < 1.29 is 19.4 Å². The maximum atomic E-state index is 12.2. The molecule has 2 atom stereocenters. The highest BCUT2D eigenvalue weighted by atomic mass is 32.1. The van der Waals surface area contributed by atoms with E-state index in [0.29, 0.717) is 26.1 Å². The van der Waals surface area contributed by atoms with E-state index in [1.165, 1.54) is 0 Å². The van der Waals surface area contributed by atoms with Crippen LogP contribution in [-0.4, -0.2) is 54.6 Å². The summed E-state index contributed by atoms with van der Waals surface area (Å²) in [6, 6.07) is 7.93. The molecule has 0 saturated carbocycles. The minimum atomic E-state index is -0.197. The molecule has 2 unspecified atom stereocenters. The van der Waals surface area contributed by atoms with Crippen LogP contribution in [0.15, 0.2) is 24.3 Å². The molecule has 1 aromatic carbocycles. The summed E-state index contributed by atoms with van der Waals surface area (Å²) in [5, 5.41) is 12.9. The third kappa shape index (κ3) is 4.51. The molecule has 1 saturated heterocycles. The van der Waals surface area contributed by atoms with Gasteiger partial charge in [-0.15, -0.1) is 11.3 Å². The van der Waals surface area contributed by atoms with E-state index in [9.17, 15) is 4.79 Å². The van der Waals surface area contributed by atoms with E-state index >= 15 is 0 Å². The molecule has 2 aromatic rings. The zero-order chi connectivity index (χ0) is 16.8. The SMILES string of the molecule is O=C(CCc1nc2ccccc2s1)NC1CCOCC1OCCO. The Morgan fingerprint density at radius 2 is 2.33 bits per heavy atom. The minimum Gasteiger partial charge on any atom is -0.394 e. The summed E-state index contributed by atoms with van der Waals surface area (Å²) in [6.07, 6.45) is 1.57. The third-order valence-corrected chi connectivity index (χ3v) is 5.07. The molecule has 24 heavy (non-hydrogen) atoms. The van der Waals surface area contributed by atoms with Crippen LogP contribution in [0.1, 0.15) is 17.8 Å². The number of thiazole rings is 1. The van der Waals surface area contributed by atoms with Gasteiger partial charge in [0.05, 0.1) is 41.1 Å². The highest BCUT2D eigenvalue weighted by Gasteiger charge is 2.27. The first-order valence-electron chi connectivity index (χ1n) is 8.20. The smallest absolute Gasteiger partial charge is 0.220 e. The molecule has 3 rings (SSSR count). The summed E-state index contributed by atoms with van der Waals surface area (Å²) in [7, 11) is 0. The summed E-state index contributed by atoms with van der Waals surface area (Å²) in [6.45, 7) is 1.28. The normalized spacial score (nSPS) is 21.0. The fraction of sp³-hybridized carbons (Fsp3) is 0.529. The predicted octanol–water partition coefficient (Wildman–Crippen LogP) is 1.51. The topological polar surface area (TPSA) is 80.7 Å². The largest absolute Gasteiger partial charge is 0.394 e. The highest BCUT2D eigenvalue weighted by molar-refractivity contribution is 7.18. The zero-order valence-electron chi connectivity index (χ0n) is 13.4. The van der Waals surface area contributed by atoms with Gasteiger partial charge in [-0.2, -0.15) is 0 Å². The van der Waals surface area contributed by atoms with Crippen molar-refractivity contribution in [2.45, 2.75) is 31.4 Å². The summed E-state index contributed by atoms with van der Waals surface area (Å²) in [4.78, 5) is 16.8. The predicted molar refractivity (Wildman–Crippen MR) is 92.1 cm³/mol. The van der Waals surface area contributed by atoms with Gasteiger partial charge in [-0.05, 0) is 18.6 Å². The molecule has 2 N–H and O–H groups in total. The van der Waals surface area contributed by atoms with Crippen molar-refractivity contribution in [2.24, 2.45) is 0 Å². The van der Waals surface area contributed by atoms with E-state index in [4.69, 9.17) is 14.6 Å². The van der Waals surface area contributed by atoms with Gasteiger partial charge in [0.1, 0.15) is 6.10 Å². The van der Waals surface area contributed by atoms with Gasteiger partial charge in [0.15, 0.2) is 0 Å². The maximum absolute atomic E-state index is 12.2. The van der Waals surface area contributed by atoms with E-state index in [-0.39, 0.29) is 31.3 Å². The number of rotatable bonds is 7. The van der Waals surface area contributed by atoms with Crippen molar-refractivity contribution >= 4 is 27.5 Å². The summed E-state index contributed by atoms with van der Waals surface area (Å²) in [5.41, 5.74) is 0.986. The summed E-state index contributed by atoms with van der Waals surface area (Å²) < 4.78 is 12.1. The number of aryl methyl sites for hydroxylation is 1. The Morgan fingerprint density at radius 1 is 1.46 bits per heavy atom. The molecular weight excluding hydrogens is 328 g/mol. The average Bonchev–Trinajstić information content (AvgIpc) is 3.02. The molecular formula is C17H22N2O4S. The first-order valence-corrected chi connectivity index (χ1v) is 9.02. The van der Waals surface area contributed by atoms with Crippen LogP contribution in [0, 0.1) is 0 Å². The number of aliphatic hydroxyl groups is 1. The fourth-order valence-electron chi connectivity index (χ4n) is 2.77. The van der Waals surface area contributed by atoms with Crippen LogP contribution in [0.5, 0.6) is 0 Å². The van der Waals surface area contributed by atoms with Crippen molar-refractivity contribution in [1.82, 2.24) is 10.3 Å². The number of aromatic nitrogens is 1. The lowest BCUT2D eigenvalue weighted by atomic mass is 10.1. The van der Waals surface area contributed by atoms with E-state index in [1.54, 1.807) is 11.3 Å². The molecule has 1 aromatic heterocycles. The second-order valence-electron chi connectivity index (χ2n) is 5.75. The van der Waals surface area contributed by atoms with E-state index in [2.05, 4.69) is 10.3 Å². The van der Waals surface area contributed by atoms with Crippen LogP contribution >= 0.6 is 11.3 Å². The van der Waals surface area contributed by atoms with Crippen LogP contribution in [0.25, 0.3) is 10.2 Å². The lowest BCUT2D eigenvalue weighted by Gasteiger charge is -2.32. The molecule has 2 heterocycles. The quantitative estimate of drug-likeness (QED) is 0.791. The molecule has 6 nitrogen and oxygen atoms in total. The molecule has 1 amide bonds. The van der Waals surface area contributed by atoms with Gasteiger partial charge in [-0.1, -0.05) is 12.1 Å². The summed E-state index contributed by atoms with van der Waals surface area (Å²) in [5.74, 6) is -0.00115. The van der Waals surface area contributed by atoms with E-state index < -0.39 is 0 Å². The number of para-hydroxylation sites is 1. The van der Waals surface area contributed by atoms with Crippen LogP contribution in [0.2, 0.25) is 0 Å². The molecule has 0 bridgehead atoms. The summed E-state index contributed by atoms with van der Waals surface area (Å²) >= 11 is 1.63. The molecule has 0 radical (unpaired) electrons. The first kappa shape index (κ1) is 17.3. The number of carbonyl (C=O) groups excluding carboxylic acids is 1. The van der Waals surface area contributed by atoms with Crippen molar-refractivity contribution in [3.05, 3.63) is 29.3 Å². The number of hydrogen-bond donors (Lipinski definition) is 2. The maximum Gasteiger partial charge on any atom is 0.220 e. The number of fused-ring (bicyclic) bond motifs is 1. The van der Waals surface area contributed by atoms with Gasteiger partial charge in [0.25, 0.3) is 0 Å². The standard InChI is InChI=1S/C17H22N2O4S/c20-8-10-23-14-11-22-9-7-12(14)18-16(21)5-6-17-19-13-3-1-2-4-15(13)24-17/h1-4,12,14,20H,5-11H2,(H,18,21). The minimum absolute atomic E-state index is 0.00115. The Morgan fingerprint density at radius 3 is 3.17 bits per heavy atom. The Kier molecular flexibility index (Phi) is 6.14. The second-order valence-corrected chi connectivity index (χ2v) is 6.86. The Hall–Kier alpha value is -1.54. The van der Waals surface area contributed by atoms with Crippen LogP contribution < -0.4 is 5.32 Å². The lowest BCUT2D eigenvalue weighted by molar-refractivity contribution is -0.126. The van der Waals surface area contributed by atoms with E-state index in [1.807, 2.05) is 24.3 Å². The molecule has 130 valence electrons. The van der Waals surface area contributed by atoms with Crippen molar-refractivity contribution in [2.75, 3.05) is 26.4 Å². The number of benzene rings is 1. The van der Waals surface area contributed by atoms with Gasteiger partial charge in [-0.3, -0.25) is 4.79 Å². The molecule has 0 spiro atoms. The first-order chi connectivity index (χ1) is 11.8. The van der Waals surface area contributed by atoms with Crippen LogP contribution in [0.4, 0.5) is 0 Å².